The number of benzene rings is 1. The van der Waals surface area contributed by atoms with Crippen LogP contribution in [0.2, 0.25) is 0 Å². The van der Waals surface area contributed by atoms with Crippen LogP contribution in [0.3, 0.4) is 0 Å². The summed E-state index contributed by atoms with van der Waals surface area (Å²) >= 11 is 0. The molecular weight excluding hydrogens is 346 g/mol. The third-order valence-corrected chi connectivity index (χ3v) is 5.13. The lowest BCUT2D eigenvalue weighted by Crippen LogP contribution is -2.27. The fraction of sp³-hybridized carbons (Fsp3) is 0.421. The van der Waals surface area contributed by atoms with Crippen LogP contribution in [0.5, 0.6) is 0 Å². The van der Waals surface area contributed by atoms with Gasteiger partial charge >= 0.3 is 6.09 Å². The zero-order chi connectivity index (χ0) is 18.6. The number of hydrogen-bond acceptors (Lipinski definition) is 7. The van der Waals surface area contributed by atoms with Crippen LogP contribution in [0, 0.1) is 29.1 Å². The third kappa shape index (κ3) is 3.88. The molecule has 8 nitrogen and oxygen atoms in total. The SMILES string of the molecule is N#CC1[C@H]2CNC[C@@H]12.O=C1OC(CNc2ccon2)CN1c1ccccc1. The van der Waals surface area contributed by atoms with Crippen LogP contribution < -0.4 is 15.5 Å². The molecule has 3 aliphatic rings. The molecule has 2 N–H and O–H groups in total. The predicted octanol–water partition coefficient (Wildman–Crippen LogP) is 2.09. The van der Waals surface area contributed by atoms with Crippen molar-refractivity contribution >= 4 is 17.6 Å². The minimum Gasteiger partial charge on any atom is -0.442 e. The molecule has 2 aliphatic heterocycles. The number of cyclic esters (lactones) is 1. The molecule has 140 valence electrons. The number of aromatic nitrogens is 1. The molecule has 2 aromatic rings. The summed E-state index contributed by atoms with van der Waals surface area (Å²) in [4.78, 5) is 13.4. The fourth-order valence-corrected chi connectivity index (χ4v) is 3.58. The molecule has 0 radical (unpaired) electrons. The molecule has 8 heteroatoms. The summed E-state index contributed by atoms with van der Waals surface area (Å²) in [6.07, 6.45) is 0.960. The van der Waals surface area contributed by atoms with E-state index in [9.17, 15) is 4.79 Å². The number of nitrogens with one attached hydrogen (secondary N) is 2. The van der Waals surface area contributed by atoms with Crippen molar-refractivity contribution in [3.63, 3.8) is 0 Å². The fourth-order valence-electron chi connectivity index (χ4n) is 3.58. The van der Waals surface area contributed by atoms with E-state index in [0.717, 1.165) is 30.6 Å². The number of nitrogens with zero attached hydrogens (tertiary/aromatic N) is 3. The Hall–Kier alpha value is -3.05. The number of ether oxygens (including phenoxy) is 1. The lowest BCUT2D eigenvalue weighted by molar-refractivity contribution is 0.147. The lowest BCUT2D eigenvalue weighted by atomic mass is 10.3. The molecule has 4 atom stereocenters. The Morgan fingerprint density at radius 2 is 2.04 bits per heavy atom. The van der Waals surface area contributed by atoms with Crippen molar-refractivity contribution in [2.75, 3.05) is 36.4 Å². The summed E-state index contributed by atoms with van der Waals surface area (Å²) in [5.74, 6) is 2.49. The highest BCUT2D eigenvalue weighted by molar-refractivity contribution is 5.89. The topological polar surface area (TPSA) is 103 Å². The number of fused-ring (bicyclic) bond motifs is 1. The predicted molar refractivity (Wildman–Crippen MR) is 98.0 cm³/mol. The normalized spacial score (nSPS) is 27.8. The van der Waals surface area contributed by atoms with E-state index in [1.165, 1.54) is 6.26 Å². The number of rotatable bonds is 4. The van der Waals surface area contributed by atoms with Crippen LogP contribution in [0.15, 0.2) is 47.2 Å². The van der Waals surface area contributed by atoms with Crippen LogP contribution in [-0.2, 0) is 4.74 Å². The first-order valence-electron chi connectivity index (χ1n) is 9.04. The smallest absolute Gasteiger partial charge is 0.414 e. The molecule has 0 spiro atoms. The minimum absolute atomic E-state index is 0.204. The number of anilines is 2. The van der Waals surface area contributed by atoms with Gasteiger partial charge in [0.2, 0.25) is 0 Å². The number of carbonyl (C=O) groups excluding carboxylic acids is 1. The molecule has 5 rings (SSSR count). The molecule has 0 bridgehead atoms. The Morgan fingerprint density at radius 1 is 1.26 bits per heavy atom. The van der Waals surface area contributed by atoms with Gasteiger partial charge in [0.25, 0.3) is 0 Å². The molecule has 27 heavy (non-hydrogen) atoms. The lowest BCUT2D eigenvalue weighted by Gasteiger charge is -2.12. The van der Waals surface area contributed by atoms with Gasteiger partial charge in [0.1, 0.15) is 12.4 Å². The van der Waals surface area contributed by atoms with Gasteiger partial charge in [-0.3, -0.25) is 4.90 Å². The van der Waals surface area contributed by atoms with Gasteiger partial charge in [-0.25, -0.2) is 4.79 Å². The van der Waals surface area contributed by atoms with Gasteiger partial charge in [0.15, 0.2) is 5.82 Å². The highest BCUT2D eigenvalue weighted by atomic mass is 16.6. The molecule has 3 heterocycles. The van der Waals surface area contributed by atoms with Crippen LogP contribution in [0.4, 0.5) is 16.3 Å². The first-order valence-corrected chi connectivity index (χ1v) is 9.04. The second-order valence-corrected chi connectivity index (χ2v) is 6.86. The number of hydrogen-bond donors (Lipinski definition) is 2. The minimum atomic E-state index is -0.321. The maximum Gasteiger partial charge on any atom is 0.414 e. The Kier molecular flexibility index (Phi) is 4.94. The van der Waals surface area contributed by atoms with Gasteiger partial charge in [-0.1, -0.05) is 23.4 Å². The number of carbonyl (C=O) groups is 1. The molecule has 2 unspecified atom stereocenters. The van der Waals surface area contributed by atoms with E-state index in [4.69, 9.17) is 14.5 Å². The largest absolute Gasteiger partial charge is 0.442 e. The van der Waals surface area contributed by atoms with E-state index in [1.54, 1.807) is 11.0 Å². The van der Waals surface area contributed by atoms with E-state index >= 15 is 0 Å². The quantitative estimate of drug-likeness (QED) is 0.853. The molecule has 1 aliphatic carbocycles. The highest BCUT2D eigenvalue weighted by Crippen LogP contribution is 2.47. The standard InChI is InChI=1S/C13H13N3O3.C6H8N2/c17-13-16(10-4-2-1-3-5-10)9-11(19-13)8-14-12-6-7-18-15-12;7-1-4-5-2-8-3-6(4)5/h1-7,11H,8-9H2,(H,14,15);4-6,8H,2-3H2/t;4?,5-,6+. The van der Waals surface area contributed by atoms with Crippen molar-refractivity contribution in [3.8, 4) is 6.07 Å². The molecule has 1 aromatic heterocycles. The Morgan fingerprint density at radius 3 is 2.67 bits per heavy atom. The van der Waals surface area contributed by atoms with Gasteiger partial charge in [-0.15, -0.1) is 0 Å². The van der Waals surface area contributed by atoms with Gasteiger partial charge in [-0.2, -0.15) is 5.26 Å². The Bertz CT molecular complexity index is 795. The van der Waals surface area contributed by atoms with Crippen molar-refractivity contribution in [2.45, 2.75) is 6.10 Å². The van der Waals surface area contributed by atoms with Crippen molar-refractivity contribution in [3.05, 3.63) is 42.7 Å². The zero-order valence-electron chi connectivity index (χ0n) is 14.7. The summed E-state index contributed by atoms with van der Waals surface area (Å²) in [7, 11) is 0. The second-order valence-electron chi connectivity index (χ2n) is 6.86. The highest BCUT2D eigenvalue weighted by Gasteiger charge is 2.53. The summed E-state index contributed by atoms with van der Waals surface area (Å²) in [6.45, 7) is 3.20. The molecule has 2 saturated heterocycles. The number of piperidine rings is 1. The molecule has 1 saturated carbocycles. The van der Waals surface area contributed by atoms with Gasteiger partial charge in [-0.05, 0) is 37.1 Å². The van der Waals surface area contributed by atoms with Crippen LogP contribution in [0.25, 0.3) is 0 Å². The van der Waals surface area contributed by atoms with E-state index in [1.807, 2.05) is 30.3 Å². The van der Waals surface area contributed by atoms with Crippen LogP contribution in [0.1, 0.15) is 0 Å². The summed E-state index contributed by atoms with van der Waals surface area (Å²) in [5.41, 5.74) is 0.844. The first kappa shape index (κ1) is 17.4. The molecule has 3 fully saturated rings. The number of nitriles is 1. The van der Waals surface area contributed by atoms with Crippen molar-refractivity contribution < 1.29 is 14.1 Å². The van der Waals surface area contributed by atoms with Gasteiger partial charge in [0.05, 0.1) is 25.1 Å². The summed E-state index contributed by atoms with van der Waals surface area (Å²) in [5, 5.41) is 18.5. The Balaban J connectivity index is 0.000000186. The van der Waals surface area contributed by atoms with Crippen LogP contribution in [-0.4, -0.2) is 43.5 Å². The molecule has 1 amide bonds. The Labute approximate surface area is 157 Å². The van der Waals surface area contributed by atoms with Gasteiger partial charge in [0, 0.05) is 11.8 Å². The maximum atomic E-state index is 11.8. The van der Waals surface area contributed by atoms with E-state index < -0.39 is 0 Å². The van der Waals surface area contributed by atoms with E-state index in [0.29, 0.717) is 24.8 Å². The number of amides is 1. The van der Waals surface area contributed by atoms with Crippen LogP contribution >= 0.6 is 0 Å². The summed E-state index contributed by atoms with van der Waals surface area (Å²) in [6, 6.07) is 13.5. The van der Waals surface area contributed by atoms with Crippen molar-refractivity contribution in [2.24, 2.45) is 17.8 Å². The van der Waals surface area contributed by atoms with Gasteiger partial charge < -0.3 is 19.9 Å². The third-order valence-electron chi connectivity index (χ3n) is 5.13. The average Bonchev–Trinajstić information content (AvgIpc) is 3.19. The first-order chi connectivity index (χ1) is 13.3. The number of para-hydroxylation sites is 1. The maximum absolute atomic E-state index is 11.8. The zero-order valence-corrected chi connectivity index (χ0v) is 14.7. The average molecular weight is 367 g/mol. The second kappa shape index (κ2) is 7.68. The van der Waals surface area contributed by atoms with E-state index in [2.05, 4.69) is 21.9 Å². The monoisotopic (exact) mass is 367 g/mol. The van der Waals surface area contributed by atoms with Crippen molar-refractivity contribution in [1.82, 2.24) is 10.5 Å². The van der Waals surface area contributed by atoms with Crippen molar-refractivity contribution in [1.29, 1.82) is 5.26 Å². The van der Waals surface area contributed by atoms with E-state index in [-0.39, 0.29) is 12.2 Å². The molecule has 1 aromatic carbocycles. The molecular formula is C19H21N5O3. The summed E-state index contributed by atoms with van der Waals surface area (Å²) < 4.78 is 10.0.